The van der Waals surface area contributed by atoms with E-state index in [1.165, 1.54) is 44.3 Å². The maximum Gasteiger partial charge on any atom is 0.137 e. The molecule has 0 radical (unpaired) electrons. The molecule has 0 aliphatic carbocycles. The van der Waals surface area contributed by atoms with E-state index in [0.29, 0.717) is 5.92 Å². The number of nitrogens with one attached hydrogen (secondary N) is 1. The smallest absolute Gasteiger partial charge is 0.137 e. The molecule has 1 aromatic rings. The van der Waals surface area contributed by atoms with Crippen molar-refractivity contribution in [2.45, 2.75) is 45.4 Å². The van der Waals surface area contributed by atoms with Crippen LogP contribution in [0.5, 0.6) is 5.75 Å². The van der Waals surface area contributed by atoms with Gasteiger partial charge in [-0.25, -0.2) is 0 Å². The number of benzene rings is 1. The molecular weight excluding hydrogens is 234 g/mol. The normalized spacial score (nSPS) is 17.4. The minimum atomic E-state index is 0.569. The van der Waals surface area contributed by atoms with E-state index in [2.05, 4.69) is 38.1 Å². The summed E-state index contributed by atoms with van der Waals surface area (Å²) in [6.45, 7) is 9.09. The molecule has 19 heavy (non-hydrogen) atoms. The lowest BCUT2D eigenvalue weighted by molar-refractivity contribution is -0.899. The minimum absolute atomic E-state index is 0.569. The lowest BCUT2D eigenvalue weighted by Gasteiger charge is -2.17. The van der Waals surface area contributed by atoms with Crippen LogP contribution >= 0.6 is 0 Å². The van der Waals surface area contributed by atoms with Crippen molar-refractivity contribution in [2.75, 3.05) is 26.2 Å². The Bertz CT molecular complexity index is 367. The van der Waals surface area contributed by atoms with Gasteiger partial charge in [0, 0.05) is 0 Å². The fraction of sp³-hybridized carbons (Fsp3) is 0.647. The highest BCUT2D eigenvalue weighted by atomic mass is 16.5. The van der Waals surface area contributed by atoms with Gasteiger partial charge >= 0.3 is 0 Å². The van der Waals surface area contributed by atoms with E-state index in [1.54, 1.807) is 4.90 Å². The SMILES string of the molecule is CC(C)c1cccc(OCC[NH+]2CCCCCC2)c1. The van der Waals surface area contributed by atoms with Crippen molar-refractivity contribution in [3.63, 3.8) is 0 Å². The summed E-state index contributed by atoms with van der Waals surface area (Å²) >= 11 is 0. The van der Waals surface area contributed by atoms with Gasteiger partial charge in [0.1, 0.15) is 18.9 Å². The molecule has 0 bridgehead atoms. The van der Waals surface area contributed by atoms with Crippen LogP contribution in [0.3, 0.4) is 0 Å². The second-order valence-electron chi connectivity index (χ2n) is 5.99. The van der Waals surface area contributed by atoms with Crippen LogP contribution in [0.25, 0.3) is 0 Å². The van der Waals surface area contributed by atoms with Crippen LogP contribution in [0.1, 0.15) is 51.0 Å². The number of rotatable bonds is 5. The first kappa shape index (κ1) is 14.4. The summed E-state index contributed by atoms with van der Waals surface area (Å²) in [5.74, 6) is 1.60. The summed E-state index contributed by atoms with van der Waals surface area (Å²) in [6, 6.07) is 8.53. The molecule has 0 spiro atoms. The fourth-order valence-electron chi connectivity index (χ4n) is 2.76. The van der Waals surface area contributed by atoms with Gasteiger partial charge in [0.05, 0.1) is 13.1 Å². The Morgan fingerprint density at radius 2 is 1.84 bits per heavy atom. The number of hydrogen-bond donors (Lipinski definition) is 1. The van der Waals surface area contributed by atoms with Gasteiger partial charge in [0.2, 0.25) is 0 Å². The highest BCUT2D eigenvalue weighted by Crippen LogP contribution is 2.19. The summed E-state index contributed by atoms with van der Waals surface area (Å²) < 4.78 is 5.92. The van der Waals surface area contributed by atoms with E-state index in [1.807, 2.05) is 0 Å². The standard InChI is InChI=1S/C17H27NO/c1-15(2)16-8-7-9-17(14-16)19-13-12-18-10-5-3-4-6-11-18/h7-9,14-15H,3-6,10-13H2,1-2H3/p+1. The van der Waals surface area contributed by atoms with Crippen molar-refractivity contribution >= 4 is 0 Å². The maximum absolute atomic E-state index is 5.92. The van der Waals surface area contributed by atoms with E-state index < -0.39 is 0 Å². The Labute approximate surface area is 117 Å². The highest BCUT2D eigenvalue weighted by molar-refractivity contribution is 5.30. The summed E-state index contributed by atoms with van der Waals surface area (Å²) in [6.07, 6.45) is 5.61. The minimum Gasteiger partial charge on any atom is -0.488 e. The molecule has 106 valence electrons. The first-order valence-corrected chi connectivity index (χ1v) is 7.82. The Balaban J connectivity index is 1.77. The topological polar surface area (TPSA) is 13.7 Å². The van der Waals surface area contributed by atoms with E-state index >= 15 is 0 Å². The molecule has 1 aromatic carbocycles. The van der Waals surface area contributed by atoms with Gasteiger partial charge in [0.25, 0.3) is 0 Å². The van der Waals surface area contributed by atoms with Crippen molar-refractivity contribution in [3.8, 4) is 5.75 Å². The van der Waals surface area contributed by atoms with Crippen LogP contribution in [0, 0.1) is 0 Å². The van der Waals surface area contributed by atoms with Crippen LogP contribution < -0.4 is 9.64 Å². The molecule has 2 nitrogen and oxygen atoms in total. The Kier molecular flexibility index (Phi) is 5.71. The van der Waals surface area contributed by atoms with E-state index in [4.69, 9.17) is 4.74 Å². The first-order valence-electron chi connectivity index (χ1n) is 7.82. The lowest BCUT2D eigenvalue weighted by atomic mass is 10.0. The molecule has 1 aliphatic rings. The van der Waals surface area contributed by atoms with Crippen LogP contribution in [0.4, 0.5) is 0 Å². The lowest BCUT2D eigenvalue weighted by Crippen LogP contribution is -3.12. The number of hydrogen-bond acceptors (Lipinski definition) is 1. The zero-order chi connectivity index (χ0) is 13.5. The zero-order valence-electron chi connectivity index (χ0n) is 12.5. The summed E-state index contributed by atoms with van der Waals surface area (Å²) in [5, 5.41) is 0. The third kappa shape index (κ3) is 4.87. The van der Waals surface area contributed by atoms with Crippen molar-refractivity contribution in [1.29, 1.82) is 0 Å². The molecule has 2 heteroatoms. The molecule has 0 amide bonds. The van der Waals surface area contributed by atoms with Crippen LogP contribution in [-0.2, 0) is 0 Å². The van der Waals surface area contributed by atoms with Crippen molar-refractivity contribution in [3.05, 3.63) is 29.8 Å². The number of quaternary nitrogens is 1. The van der Waals surface area contributed by atoms with Gasteiger partial charge in [-0.2, -0.15) is 0 Å². The predicted molar refractivity (Wildman–Crippen MR) is 80.1 cm³/mol. The average molecular weight is 262 g/mol. The monoisotopic (exact) mass is 262 g/mol. The molecule has 1 saturated heterocycles. The van der Waals surface area contributed by atoms with Crippen LogP contribution in [0.15, 0.2) is 24.3 Å². The second-order valence-corrected chi connectivity index (χ2v) is 5.99. The van der Waals surface area contributed by atoms with Gasteiger partial charge in [0.15, 0.2) is 0 Å². The molecule has 1 N–H and O–H groups in total. The largest absolute Gasteiger partial charge is 0.488 e. The quantitative estimate of drug-likeness (QED) is 0.861. The average Bonchev–Trinajstić information content (AvgIpc) is 2.68. The molecule has 2 rings (SSSR count). The van der Waals surface area contributed by atoms with Gasteiger partial charge in [-0.3, -0.25) is 0 Å². The van der Waals surface area contributed by atoms with Gasteiger partial charge in [-0.1, -0.05) is 26.0 Å². The first-order chi connectivity index (χ1) is 9.25. The molecule has 1 fully saturated rings. The van der Waals surface area contributed by atoms with Gasteiger partial charge in [-0.15, -0.1) is 0 Å². The van der Waals surface area contributed by atoms with Crippen molar-refractivity contribution in [2.24, 2.45) is 0 Å². The van der Waals surface area contributed by atoms with Crippen molar-refractivity contribution < 1.29 is 9.64 Å². The predicted octanol–water partition coefficient (Wildman–Crippen LogP) is 2.65. The molecule has 1 heterocycles. The maximum atomic E-state index is 5.92. The van der Waals surface area contributed by atoms with E-state index in [9.17, 15) is 0 Å². The molecule has 0 unspecified atom stereocenters. The summed E-state index contributed by atoms with van der Waals surface area (Å²) in [7, 11) is 0. The van der Waals surface area contributed by atoms with Gasteiger partial charge < -0.3 is 9.64 Å². The Morgan fingerprint density at radius 3 is 2.53 bits per heavy atom. The zero-order valence-corrected chi connectivity index (χ0v) is 12.5. The molecule has 0 aromatic heterocycles. The fourth-order valence-corrected chi connectivity index (χ4v) is 2.76. The molecular formula is C17H28NO+. The van der Waals surface area contributed by atoms with E-state index in [-0.39, 0.29) is 0 Å². The van der Waals surface area contributed by atoms with Crippen molar-refractivity contribution in [1.82, 2.24) is 0 Å². The highest BCUT2D eigenvalue weighted by Gasteiger charge is 2.11. The number of ether oxygens (including phenoxy) is 1. The van der Waals surface area contributed by atoms with Gasteiger partial charge in [-0.05, 0) is 49.3 Å². The summed E-state index contributed by atoms with van der Waals surface area (Å²) in [4.78, 5) is 1.72. The Hall–Kier alpha value is -1.02. The second kappa shape index (κ2) is 7.54. The number of likely N-dealkylation sites (tertiary alicyclic amines) is 1. The van der Waals surface area contributed by atoms with E-state index in [0.717, 1.165) is 18.9 Å². The third-order valence-corrected chi connectivity index (χ3v) is 4.06. The third-order valence-electron chi connectivity index (χ3n) is 4.06. The Morgan fingerprint density at radius 1 is 1.11 bits per heavy atom. The summed E-state index contributed by atoms with van der Waals surface area (Å²) in [5.41, 5.74) is 1.36. The van der Waals surface area contributed by atoms with Crippen LogP contribution in [-0.4, -0.2) is 26.2 Å². The van der Waals surface area contributed by atoms with Crippen LogP contribution in [0.2, 0.25) is 0 Å². The molecule has 1 aliphatic heterocycles. The molecule has 0 atom stereocenters. The molecule has 0 saturated carbocycles.